The second kappa shape index (κ2) is 7.63. The molecule has 0 aromatic heterocycles. The van der Waals surface area contributed by atoms with Gasteiger partial charge < -0.3 is 10.1 Å². The molecule has 2 atom stereocenters. The second-order valence-corrected chi connectivity index (χ2v) is 6.37. The minimum Gasteiger partial charge on any atom is -0.381 e. The van der Waals surface area contributed by atoms with Crippen LogP contribution in [0.1, 0.15) is 37.8 Å². The van der Waals surface area contributed by atoms with Crippen LogP contribution < -0.4 is 5.32 Å². The molecule has 1 aromatic carbocycles. The van der Waals surface area contributed by atoms with E-state index in [1.807, 2.05) is 12.1 Å². The van der Waals surface area contributed by atoms with Gasteiger partial charge in [0.05, 0.1) is 6.61 Å². The molecule has 0 radical (unpaired) electrons. The molecule has 4 heteroatoms. The van der Waals surface area contributed by atoms with Crippen molar-refractivity contribution in [1.29, 1.82) is 0 Å². The van der Waals surface area contributed by atoms with Crippen LogP contribution in [-0.4, -0.2) is 19.8 Å². The van der Waals surface area contributed by atoms with Crippen LogP contribution in [0.2, 0.25) is 5.02 Å². The van der Waals surface area contributed by atoms with Crippen LogP contribution in [0.15, 0.2) is 22.7 Å². The molecule has 1 aromatic rings. The molecule has 1 aliphatic heterocycles. The predicted molar refractivity (Wildman–Crippen MR) is 83.7 cm³/mol. The molecule has 1 N–H and O–H groups in total. The van der Waals surface area contributed by atoms with Crippen LogP contribution >= 0.6 is 27.5 Å². The third-order valence-corrected chi connectivity index (χ3v) is 4.53. The maximum absolute atomic E-state index is 6.15. The number of hydrogen-bond acceptors (Lipinski definition) is 2. The molecule has 2 rings (SSSR count). The summed E-state index contributed by atoms with van der Waals surface area (Å²) in [5.41, 5.74) is 1.25. The van der Waals surface area contributed by atoms with Crippen molar-refractivity contribution >= 4 is 27.5 Å². The minimum absolute atomic E-state index is 0.313. The predicted octanol–water partition coefficient (Wildman–Crippen LogP) is 4.57. The van der Waals surface area contributed by atoms with Gasteiger partial charge in [0, 0.05) is 28.1 Å². The molecule has 19 heavy (non-hydrogen) atoms. The highest BCUT2D eigenvalue weighted by Gasteiger charge is 2.26. The Balaban J connectivity index is 2.22. The zero-order chi connectivity index (χ0) is 13.7. The number of ether oxygens (including phenoxy) is 1. The van der Waals surface area contributed by atoms with Gasteiger partial charge in [0.25, 0.3) is 0 Å². The van der Waals surface area contributed by atoms with E-state index in [0.29, 0.717) is 12.0 Å². The molecule has 2 nitrogen and oxygen atoms in total. The van der Waals surface area contributed by atoms with Gasteiger partial charge in [0.2, 0.25) is 0 Å². The zero-order valence-corrected chi connectivity index (χ0v) is 13.6. The average Bonchev–Trinajstić information content (AvgIpc) is 2.44. The molecular formula is C15H21BrClNO. The standard InChI is InChI=1S/C15H21BrClNO/c1-2-7-18-15(11-4-3-8-19-10-11)13-9-12(17)5-6-14(13)16/h5-6,9,11,15,18H,2-4,7-8,10H2,1H3. The summed E-state index contributed by atoms with van der Waals surface area (Å²) in [4.78, 5) is 0. The first-order valence-electron chi connectivity index (χ1n) is 6.98. The number of halogens is 2. The van der Waals surface area contributed by atoms with Crippen molar-refractivity contribution < 1.29 is 4.74 Å². The number of nitrogens with one attached hydrogen (secondary N) is 1. The van der Waals surface area contributed by atoms with Crippen molar-refractivity contribution in [2.45, 2.75) is 32.2 Å². The van der Waals surface area contributed by atoms with Gasteiger partial charge in [-0.15, -0.1) is 0 Å². The van der Waals surface area contributed by atoms with Crippen molar-refractivity contribution in [1.82, 2.24) is 5.32 Å². The van der Waals surface area contributed by atoms with E-state index in [-0.39, 0.29) is 0 Å². The van der Waals surface area contributed by atoms with E-state index in [2.05, 4.69) is 34.2 Å². The molecule has 0 bridgehead atoms. The van der Waals surface area contributed by atoms with Crippen LogP contribution in [0.4, 0.5) is 0 Å². The van der Waals surface area contributed by atoms with Gasteiger partial charge in [-0.3, -0.25) is 0 Å². The van der Waals surface area contributed by atoms with E-state index in [0.717, 1.165) is 42.1 Å². The quantitative estimate of drug-likeness (QED) is 0.843. The summed E-state index contributed by atoms with van der Waals surface area (Å²) in [6, 6.07) is 6.33. The molecule has 1 heterocycles. The molecule has 2 unspecified atom stereocenters. The van der Waals surface area contributed by atoms with Gasteiger partial charge in [-0.25, -0.2) is 0 Å². The van der Waals surface area contributed by atoms with Crippen molar-refractivity contribution in [3.8, 4) is 0 Å². The summed E-state index contributed by atoms with van der Waals surface area (Å²) in [6.45, 7) is 4.93. The van der Waals surface area contributed by atoms with Gasteiger partial charge in [-0.2, -0.15) is 0 Å². The maximum Gasteiger partial charge on any atom is 0.0512 e. The molecule has 0 amide bonds. The largest absolute Gasteiger partial charge is 0.381 e. The van der Waals surface area contributed by atoms with Crippen molar-refractivity contribution in [3.05, 3.63) is 33.3 Å². The number of hydrogen-bond donors (Lipinski definition) is 1. The minimum atomic E-state index is 0.313. The Labute approximate surface area is 129 Å². The third kappa shape index (κ3) is 4.19. The fourth-order valence-corrected chi connectivity index (χ4v) is 3.29. The summed E-state index contributed by atoms with van der Waals surface area (Å²) in [5, 5.41) is 4.44. The SMILES string of the molecule is CCCNC(c1cc(Cl)ccc1Br)C1CCCOC1. The van der Waals surface area contributed by atoms with Gasteiger partial charge in [0.15, 0.2) is 0 Å². The van der Waals surface area contributed by atoms with Gasteiger partial charge in [0.1, 0.15) is 0 Å². The molecule has 1 saturated heterocycles. The summed E-state index contributed by atoms with van der Waals surface area (Å²) in [6.07, 6.45) is 3.48. The molecular weight excluding hydrogens is 326 g/mol. The Kier molecular flexibility index (Phi) is 6.14. The first-order chi connectivity index (χ1) is 9.22. The second-order valence-electron chi connectivity index (χ2n) is 5.07. The molecule has 0 aliphatic carbocycles. The summed E-state index contributed by atoms with van der Waals surface area (Å²) in [7, 11) is 0. The molecule has 1 fully saturated rings. The Morgan fingerprint density at radius 1 is 1.53 bits per heavy atom. The van der Waals surface area contributed by atoms with Crippen molar-refractivity contribution in [3.63, 3.8) is 0 Å². The Morgan fingerprint density at radius 2 is 2.37 bits per heavy atom. The topological polar surface area (TPSA) is 21.3 Å². The van der Waals surface area contributed by atoms with Gasteiger partial charge in [-0.1, -0.05) is 34.5 Å². The van der Waals surface area contributed by atoms with Gasteiger partial charge in [-0.05, 0) is 49.6 Å². The molecule has 106 valence electrons. The van der Waals surface area contributed by atoms with E-state index in [1.165, 1.54) is 12.0 Å². The fourth-order valence-electron chi connectivity index (χ4n) is 2.61. The first-order valence-corrected chi connectivity index (χ1v) is 8.15. The van der Waals surface area contributed by atoms with Crippen LogP contribution in [0.5, 0.6) is 0 Å². The van der Waals surface area contributed by atoms with Crippen LogP contribution in [0.3, 0.4) is 0 Å². The fraction of sp³-hybridized carbons (Fsp3) is 0.600. The lowest BCUT2D eigenvalue weighted by Crippen LogP contribution is -2.34. The smallest absolute Gasteiger partial charge is 0.0512 e. The van der Waals surface area contributed by atoms with E-state index in [4.69, 9.17) is 16.3 Å². The number of benzene rings is 1. The lowest BCUT2D eigenvalue weighted by atomic mass is 9.88. The highest BCUT2D eigenvalue weighted by molar-refractivity contribution is 9.10. The monoisotopic (exact) mass is 345 g/mol. The van der Waals surface area contributed by atoms with Crippen molar-refractivity contribution in [2.24, 2.45) is 5.92 Å². The summed E-state index contributed by atoms with van der Waals surface area (Å²) in [5.74, 6) is 0.523. The van der Waals surface area contributed by atoms with Crippen LogP contribution in [0.25, 0.3) is 0 Å². The molecule has 0 spiro atoms. The van der Waals surface area contributed by atoms with Crippen LogP contribution in [0, 0.1) is 5.92 Å². The Hall–Kier alpha value is -0.0900. The van der Waals surface area contributed by atoms with E-state index < -0.39 is 0 Å². The van der Waals surface area contributed by atoms with Crippen molar-refractivity contribution in [2.75, 3.05) is 19.8 Å². The van der Waals surface area contributed by atoms with E-state index in [1.54, 1.807) is 0 Å². The zero-order valence-electron chi connectivity index (χ0n) is 11.3. The Morgan fingerprint density at radius 3 is 3.05 bits per heavy atom. The van der Waals surface area contributed by atoms with Crippen LogP contribution in [-0.2, 0) is 4.74 Å². The lowest BCUT2D eigenvalue weighted by Gasteiger charge is -2.32. The molecule has 1 aliphatic rings. The summed E-state index contributed by atoms with van der Waals surface area (Å²) >= 11 is 9.80. The van der Waals surface area contributed by atoms with E-state index >= 15 is 0 Å². The molecule has 0 saturated carbocycles. The highest BCUT2D eigenvalue weighted by atomic mass is 79.9. The average molecular weight is 347 g/mol. The van der Waals surface area contributed by atoms with Gasteiger partial charge >= 0.3 is 0 Å². The lowest BCUT2D eigenvalue weighted by molar-refractivity contribution is 0.0389. The summed E-state index contributed by atoms with van der Waals surface area (Å²) < 4.78 is 6.77. The first kappa shape index (κ1) is 15.3. The Bertz CT molecular complexity index is 407. The maximum atomic E-state index is 6.15. The normalized spacial score (nSPS) is 21.3. The third-order valence-electron chi connectivity index (χ3n) is 3.57. The van der Waals surface area contributed by atoms with E-state index in [9.17, 15) is 0 Å². The highest BCUT2D eigenvalue weighted by Crippen LogP contribution is 2.34. The number of rotatable bonds is 5.